The molecule has 0 bridgehead atoms. The van der Waals surface area contributed by atoms with Crippen molar-refractivity contribution in [1.29, 1.82) is 0 Å². The van der Waals surface area contributed by atoms with Crippen LogP contribution in [0, 0.1) is 0 Å². The maximum atomic E-state index is 11.8. The molecule has 0 fully saturated rings. The number of aromatic nitrogens is 1. The highest BCUT2D eigenvalue weighted by molar-refractivity contribution is 7.90. The molecule has 2 aromatic rings. The van der Waals surface area contributed by atoms with E-state index in [1.807, 2.05) is 24.3 Å². The first-order valence-electron chi connectivity index (χ1n) is 5.27. The zero-order chi connectivity index (χ0) is 12.5. The zero-order valence-electron chi connectivity index (χ0n) is 9.46. The van der Waals surface area contributed by atoms with Crippen molar-refractivity contribution in [3.05, 3.63) is 29.3 Å². The fourth-order valence-electron chi connectivity index (χ4n) is 1.63. The number of hydrogen-bond acceptors (Lipinski definition) is 5. The summed E-state index contributed by atoms with van der Waals surface area (Å²) in [4.78, 5) is 4.30. The SMILES string of the molecule is CC(N)CS(=O)(=O)Cc1nc2ccccc2s1. The van der Waals surface area contributed by atoms with Crippen molar-refractivity contribution < 1.29 is 8.42 Å². The lowest BCUT2D eigenvalue weighted by Gasteiger charge is -2.04. The van der Waals surface area contributed by atoms with Gasteiger partial charge in [0.05, 0.1) is 16.0 Å². The van der Waals surface area contributed by atoms with Gasteiger partial charge in [0.1, 0.15) is 10.8 Å². The molecule has 0 amide bonds. The smallest absolute Gasteiger partial charge is 0.158 e. The Balaban J connectivity index is 2.24. The van der Waals surface area contributed by atoms with Crippen LogP contribution in [0.25, 0.3) is 10.2 Å². The van der Waals surface area contributed by atoms with Crippen molar-refractivity contribution in [2.24, 2.45) is 5.73 Å². The average molecular weight is 270 g/mol. The van der Waals surface area contributed by atoms with E-state index in [9.17, 15) is 8.42 Å². The summed E-state index contributed by atoms with van der Waals surface area (Å²) in [6.45, 7) is 1.69. The summed E-state index contributed by atoms with van der Waals surface area (Å²) in [5.74, 6) is -0.0171. The minimum atomic E-state index is -3.16. The predicted molar refractivity (Wildman–Crippen MR) is 70.8 cm³/mol. The van der Waals surface area contributed by atoms with Crippen LogP contribution < -0.4 is 5.73 Å². The van der Waals surface area contributed by atoms with Crippen molar-refractivity contribution in [3.63, 3.8) is 0 Å². The monoisotopic (exact) mass is 270 g/mol. The standard InChI is InChI=1S/C11H14N2O2S2/c1-8(12)6-17(14,15)7-11-13-9-4-2-3-5-10(9)16-11/h2-5,8H,6-7,12H2,1H3. The van der Waals surface area contributed by atoms with Crippen molar-refractivity contribution in [2.45, 2.75) is 18.7 Å². The number of benzene rings is 1. The number of rotatable bonds is 4. The first-order valence-corrected chi connectivity index (χ1v) is 7.90. The van der Waals surface area contributed by atoms with E-state index in [2.05, 4.69) is 4.98 Å². The highest BCUT2D eigenvalue weighted by atomic mass is 32.2. The number of hydrogen-bond donors (Lipinski definition) is 1. The maximum absolute atomic E-state index is 11.8. The van der Waals surface area contributed by atoms with Gasteiger partial charge in [0.15, 0.2) is 9.84 Å². The van der Waals surface area contributed by atoms with E-state index in [0.717, 1.165) is 10.2 Å². The molecule has 17 heavy (non-hydrogen) atoms. The fourth-order valence-corrected chi connectivity index (χ4v) is 4.53. The van der Waals surface area contributed by atoms with Crippen LogP contribution >= 0.6 is 11.3 Å². The first-order chi connectivity index (χ1) is 7.96. The molecule has 6 heteroatoms. The molecule has 0 aliphatic carbocycles. The lowest BCUT2D eigenvalue weighted by Crippen LogP contribution is -2.26. The Morgan fingerprint density at radius 3 is 2.76 bits per heavy atom. The molecule has 1 aromatic carbocycles. The van der Waals surface area contributed by atoms with Gasteiger partial charge in [-0.1, -0.05) is 12.1 Å². The summed E-state index contributed by atoms with van der Waals surface area (Å²) in [5.41, 5.74) is 6.36. The van der Waals surface area contributed by atoms with Gasteiger partial charge in [0.25, 0.3) is 0 Å². The molecule has 1 atom stereocenters. The van der Waals surface area contributed by atoms with E-state index in [0.29, 0.717) is 5.01 Å². The molecular weight excluding hydrogens is 256 g/mol. The van der Waals surface area contributed by atoms with E-state index in [4.69, 9.17) is 5.73 Å². The molecule has 2 rings (SSSR count). The molecule has 2 N–H and O–H groups in total. The Kier molecular flexibility index (Phi) is 3.46. The average Bonchev–Trinajstić information content (AvgIpc) is 2.55. The number of para-hydroxylation sites is 1. The van der Waals surface area contributed by atoms with Gasteiger partial charge in [-0.3, -0.25) is 0 Å². The number of fused-ring (bicyclic) bond motifs is 1. The van der Waals surface area contributed by atoms with Crippen molar-refractivity contribution in [3.8, 4) is 0 Å². The molecule has 0 saturated carbocycles. The Labute approximate surface area is 104 Å². The molecule has 0 radical (unpaired) electrons. The van der Waals surface area contributed by atoms with Crippen LogP contribution in [0.1, 0.15) is 11.9 Å². The number of nitrogens with zero attached hydrogens (tertiary/aromatic N) is 1. The Bertz CT molecular complexity index is 584. The largest absolute Gasteiger partial charge is 0.327 e. The van der Waals surface area contributed by atoms with Crippen molar-refractivity contribution in [2.75, 3.05) is 5.75 Å². The van der Waals surface area contributed by atoms with Crippen LogP contribution in [0.2, 0.25) is 0 Å². The predicted octanol–water partition coefficient (Wildman–Crippen LogP) is 1.56. The molecule has 1 heterocycles. The Morgan fingerprint density at radius 1 is 1.41 bits per heavy atom. The van der Waals surface area contributed by atoms with Gasteiger partial charge in [-0.25, -0.2) is 13.4 Å². The maximum Gasteiger partial charge on any atom is 0.158 e. The van der Waals surface area contributed by atoms with E-state index >= 15 is 0 Å². The Morgan fingerprint density at radius 2 is 2.12 bits per heavy atom. The van der Waals surface area contributed by atoms with E-state index in [1.165, 1.54) is 11.3 Å². The fraction of sp³-hybridized carbons (Fsp3) is 0.364. The number of nitrogens with two attached hydrogens (primary N) is 1. The van der Waals surface area contributed by atoms with E-state index in [1.54, 1.807) is 6.92 Å². The number of thiazole rings is 1. The quantitative estimate of drug-likeness (QED) is 0.915. The molecule has 92 valence electrons. The topological polar surface area (TPSA) is 73.1 Å². The summed E-state index contributed by atoms with van der Waals surface area (Å²) < 4.78 is 24.6. The minimum absolute atomic E-state index is 0.00290. The van der Waals surface area contributed by atoms with Gasteiger partial charge in [-0.15, -0.1) is 11.3 Å². The second kappa shape index (κ2) is 4.72. The Hall–Kier alpha value is -0.980. The third-order valence-electron chi connectivity index (χ3n) is 2.20. The second-order valence-electron chi connectivity index (χ2n) is 4.11. The molecule has 4 nitrogen and oxygen atoms in total. The van der Waals surface area contributed by atoms with Gasteiger partial charge in [0, 0.05) is 6.04 Å². The highest BCUT2D eigenvalue weighted by Crippen LogP contribution is 2.23. The minimum Gasteiger partial charge on any atom is -0.327 e. The lowest BCUT2D eigenvalue weighted by molar-refractivity contribution is 0.589. The van der Waals surface area contributed by atoms with Gasteiger partial charge in [-0.05, 0) is 19.1 Å². The molecule has 0 aliphatic rings. The van der Waals surface area contributed by atoms with Crippen molar-refractivity contribution in [1.82, 2.24) is 4.98 Å². The molecule has 1 aromatic heterocycles. The van der Waals surface area contributed by atoms with Crippen LogP contribution in [0.3, 0.4) is 0 Å². The molecule has 1 unspecified atom stereocenters. The van der Waals surface area contributed by atoms with Crippen LogP contribution in [0.4, 0.5) is 0 Å². The van der Waals surface area contributed by atoms with Gasteiger partial charge >= 0.3 is 0 Å². The molecular formula is C11H14N2O2S2. The molecule has 0 saturated heterocycles. The summed E-state index contributed by atoms with van der Waals surface area (Å²) >= 11 is 1.42. The lowest BCUT2D eigenvalue weighted by atomic mass is 10.3. The van der Waals surface area contributed by atoms with Crippen LogP contribution in [0.5, 0.6) is 0 Å². The normalized spacial score (nSPS) is 14.0. The van der Waals surface area contributed by atoms with E-state index in [-0.39, 0.29) is 17.5 Å². The summed E-state index contributed by atoms with van der Waals surface area (Å²) in [5, 5.41) is 0.631. The van der Waals surface area contributed by atoms with Crippen molar-refractivity contribution >= 4 is 31.4 Å². The van der Waals surface area contributed by atoms with Crippen LogP contribution in [-0.4, -0.2) is 25.2 Å². The van der Waals surface area contributed by atoms with Gasteiger partial charge in [-0.2, -0.15) is 0 Å². The number of sulfone groups is 1. The third-order valence-corrected chi connectivity index (χ3v) is 5.16. The third kappa shape index (κ3) is 3.24. The highest BCUT2D eigenvalue weighted by Gasteiger charge is 2.17. The summed E-state index contributed by atoms with van der Waals surface area (Å²) in [6, 6.07) is 7.29. The zero-order valence-corrected chi connectivity index (χ0v) is 11.1. The molecule has 0 aliphatic heterocycles. The summed E-state index contributed by atoms with van der Waals surface area (Å²) in [7, 11) is -3.16. The van der Waals surface area contributed by atoms with Gasteiger partial charge in [0.2, 0.25) is 0 Å². The molecule has 0 spiro atoms. The second-order valence-corrected chi connectivity index (χ2v) is 7.33. The first kappa shape index (κ1) is 12.5. The van der Waals surface area contributed by atoms with E-state index < -0.39 is 9.84 Å². The van der Waals surface area contributed by atoms with Gasteiger partial charge < -0.3 is 5.73 Å². The van der Waals surface area contributed by atoms with Crippen LogP contribution in [-0.2, 0) is 15.6 Å². The summed E-state index contributed by atoms with van der Waals surface area (Å²) in [6.07, 6.45) is 0. The van der Waals surface area contributed by atoms with Crippen LogP contribution in [0.15, 0.2) is 24.3 Å².